The minimum Gasteiger partial charge on any atom is -0.475 e. The second-order valence-corrected chi connectivity index (χ2v) is 4.55. The SMILES string of the molecule is CCCOCCOc1cc(CNC)cc(CCC)n1. The molecule has 1 heterocycles. The van der Waals surface area contributed by atoms with Crippen molar-refractivity contribution in [1.29, 1.82) is 0 Å². The Morgan fingerprint density at radius 2 is 1.95 bits per heavy atom. The molecule has 108 valence electrons. The maximum absolute atomic E-state index is 5.66. The number of ether oxygens (including phenoxy) is 2. The van der Waals surface area contributed by atoms with Crippen molar-refractivity contribution in [3.8, 4) is 5.88 Å². The van der Waals surface area contributed by atoms with Gasteiger partial charge in [0.1, 0.15) is 6.61 Å². The molecule has 0 aliphatic heterocycles. The van der Waals surface area contributed by atoms with Crippen LogP contribution in [0.15, 0.2) is 12.1 Å². The average molecular weight is 266 g/mol. The number of nitrogens with one attached hydrogen (secondary N) is 1. The van der Waals surface area contributed by atoms with Gasteiger partial charge in [0.2, 0.25) is 5.88 Å². The lowest BCUT2D eigenvalue weighted by molar-refractivity contribution is 0.0989. The Labute approximate surface area is 116 Å². The van der Waals surface area contributed by atoms with Gasteiger partial charge in [-0.25, -0.2) is 4.98 Å². The van der Waals surface area contributed by atoms with Crippen LogP contribution in [0, 0.1) is 0 Å². The van der Waals surface area contributed by atoms with Crippen LogP contribution in [-0.2, 0) is 17.7 Å². The van der Waals surface area contributed by atoms with Crippen LogP contribution in [0.3, 0.4) is 0 Å². The third-order valence-corrected chi connectivity index (χ3v) is 2.63. The van der Waals surface area contributed by atoms with Crippen LogP contribution in [0.4, 0.5) is 0 Å². The first kappa shape index (κ1) is 15.9. The summed E-state index contributed by atoms with van der Waals surface area (Å²) in [6.45, 7) is 7.06. The van der Waals surface area contributed by atoms with Crippen molar-refractivity contribution in [3.63, 3.8) is 0 Å². The van der Waals surface area contributed by atoms with Gasteiger partial charge >= 0.3 is 0 Å². The summed E-state index contributed by atoms with van der Waals surface area (Å²) in [6, 6.07) is 4.13. The molecule has 0 bridgehead atoms. The van der Waals surface area contributed by atoms with Crippen LogP contribution in [0.2, 0.25) is 0 Å². The Hall–Kier alpha value is -1.13. The monoisotopic (exact) mass is 266 g/mol. The summed E-state index contributed by atoms with van der Waals surface area (Å²) >= 11 is 0. The molecule has 0 spiro atoms. The number of aryl methyl sites for hydroxylation is 1. The number of rotatable bonds is 10. The van der Waals surface area contributed by atoms with E-state index in [2.05, 4.69) is 30.2 Å². The molecule has 1 aromatic rings. The predicted molar refractivity (Wildman–Crippen MR) is 77.6 cm³/mol. The van der Waals surface area contributed by atoms with Gasteiger partial charge in [0, 0.05) is 24.9 Å². The summed E-state index contributed by atoms with van der Waals surface area (Å²) in [5.74, 6) is 0.705. The minimum absolute atomic E-state index is 0.557. The summed E-state index contributed by atoms with van der Waals surface area (Å²) in [7, 11) is 1.94. The van der Waals surface area contributed by atoms with Crippen molar-refractivity contribution in [2.24, 2.45) is 0 Å². The van der Waals surface area contributed by atoms with Crippen molar-refractivity contribution >= 4 is 0 Å². The maximum Gasteiger partial charge on any atom is 0.213 e. The van der Waals surface area contributed by atoms with E-state index in [4.69, 9.17) is 9.47 Å². The van der Waals surface area contributed by atoms with Crippen LogP contribution in [0.5, 0.6) is 5.88 Å². The first-order valence-electron chi connectivity index (χ1n) is 7.15. The molecule has 0 saturated heterocycles. The summed E-state index contributed by atoms with van der Waals surface area (Å²) in [4.78, 5) is 4.52. The van der Waals surface area contributed by atoms with Crippen molar-refractivity contribution in [2.45, 2.75) is 39.7 Å². The van der Waals surface area contributed by atoms with E-state index in [1.165, 1.54) is 5.56 Å². The van der Waals surface area contributed by atoms with E-state index in [9.17, 15) is 0 Å². The largest absolute Gasteiger partial charge is 0.475 e. The zero-order valence-corrected chi connectivity index (χ0v) is 12.4. The molecular formula is C15H26N2O2. The highest BCUT2D eigenvalue weighted by atomic mass is 16.5. The maximum atomic E-state index is 5.66. The molecule has 0 aliphatic carbocycles. The van der Waals surface area contributed by atoms with E-state index in [1.54, 1.807) is 0 Å². The van der Waals surface area contributed by atoms with Crippen molar-refractivity contribution in [2.75, 3.05) is 26.9 Å². The smallest absolute Gasteiger partial charge is 0.213 e. The molecule has 0 aliphatic rings. The molecule has 4 nitrogen and oxygen atoms in total. The van der Waals surface area contributed by atoms with Crippen LogP contribution in [-0.4, -0.2) is 31.9 Å². The van der Waals surface area contributed by atoms with Gasteiger partial charge in [0.05, 0.1) is 6.61 Å². The third kappa shape index (κ3) is 6.55. The number of nitrogens with zero attached hydrogens (tertiary/aromatic N) is 1. The zero-order valence-electron chi connectivity index (χ0n) is 12.4. The summed E-state index contributed by atoms with van der Waals surface area (Å²) in [6.07, 6.45) is 3.12. The number of pyridine rings is 1. The standard InChI is InChI=1S/C15H26N2O2/c1-4-6-14-10-13(12-16-3)11-15(17-14)19-9-8-18-7-5-2/h10-11,16H,4-9,12H2,1-3H3. The summed E-state index contributed by atoms with van der Waals surface area (Å²) in [5, 5.41) is 3.16. The van der Waals surface area contributed by atoms with Gasteiger partial charge in [-0.05, 0) is 31.5 Å². The molecule has 0 unspecified atom stereocenters. The van der Waals surface area contributed by atoms with Crippen molar-refractivity contribution in [1.82, 2.24) is 10.3 Å². The molecule has 1 rings (SSSR count). The van der Waals surface area contributed by atoms with E-state index >= 15 is 0 Å². The van der Waals surface area contributed by atoms with Crippen molar-refractivity contribution in [3.05, 3.63) is 23.4 Å². The second-order valence-electron chi connectivity index (χ2n) is 4.55. The molecule has 0 aromatic carbocycles. The average Bonchev–Trinajstić information content (AvgIpc) is 2.39. The molecule has 0 fully saturated rings. The Kier molecular flexibility index (Phi) is 8.18. The van der Waals surface area contributed by atoms with E-state index in [1.807, 2.05) is 13.1 Å². The molecule has 0 amide bonds. The molecule has 4 heteroatoms. The first-order valence-corrected chi connectivity index (χ1v) is 7.15. The van der Waals surface area contributed by atoms with E-state index < -0.39 is 0 Å². The summed E-state index contributed by atoms with van der Waals surface area (Å²) < 4.78 is 11.1. The Morgan fingerprint density at radius 1 is 1.11 bits per heavy atom. The van der Waals surface area contributed by atoms with Gasteiger partial charge in [-0.15, -0.1) is 0 Å². The fourth-order valence-electron chi connectivity index (χ4n) is 1.84. The first-order chi connectivity index (χ1) is 9.30. The molecule has 0 atom stereocenters. The highest BCUT2D eigenvalue weighted by Crippen LogP contribution is 2.14. The fraction of sp³-hybridized carbons (Fsp3) is 0.667. The van der Waals surface area contributed by atoms with Gasteiger partial charge in [0.25, 0.3) is 0 Å². The quantitative estimate of drug-likeness (QED) is 0.661. The Balaban J connectivity index is 2.54. The normalized spacial score (nSPS) is 10.7. The zero-order chi connectivity index (χ0) is 13.9. The lowest BCUT2D eigenvalue weighted by Gasteiger charge is -2.10. The number of hydrogen-bond acceptors (Lipinski definition) is 4. The number of hydrogen-bond donors (Lipinski definition) is 1. The Morgan fingerprint density at radius 3 is 2.63 bits per heavy atom. The molecule has 19 heavy (non-hydrogen) atoms. The number of aromatic nitrogens is 1. The molecule has 1 aromatic heterocycles. The lowest BCUT2D eigenvalue weighted by Crippen LogP contribution is -2.10. The van der Waals surface area contributed by atoms with Gasteiger partial charge in [-0.2, -0.15) is 0 Å². The van der Waals surface area contributed by atoms with Gasteiger partial charge in [-0.3, -0.25) is 0 Å². The minimum atomic E-state index is 0.557. The topological polar surface area (TPSA) is 43.4 Å². The highest BCUT2D eigenvalue weighted by Gasteiger charge is 2.03. The van der Waals surface area contributed by atoms with Crippen LogP contribution in [0.1, 0.15) is 37.9 Å². The fourth-order valence-corrected chi connectivity index (χ4v) is 1.84. The Bertz CT molecular complexity index is 332. The summed E-state index contributed by atoms with van der Waals surface area (Å²) in [5.41, 5.74) is 2.31. The molecular weight excluding hydrogens is 240 g/mol. The van der Waals surface area contributed by atoms with E-state index in [0.29, 0.717) is 19.1 Å². The van der Waals surface area contributed by atoms with Gasteiger partial charge < -0.3 is 14.8 Å². The molecule has 0 radical (unpaired) electrons. The van der Waals surface area contributed by atoms with Crippen molar-refractivity contribution < 1.29 is 9.47 Å². The molecule has 0 saturated carbocycles. The van der Waals surface area contributed by atoms with Crippen LogP contribution in [0.25, 0.3) is 0 Å². The van der Waals surface area contributed by atoms with E-state index in [-0.39, 0.29) is 0 Å². The predicted octanol–water partition coefficient (Wildman–Crippen LogP) is 2.56. The third-order valence-electron chi connectivity index (χ3n) is 2.63. The van der Waals surface area contributed by atoms with Gasteiger partial charge in [0.15, 0.2) is 0 Å². The van der Waals surface area contributed by atoms with Gasteiger partial charge in [-0.1, -0.05) is 20.3 Å². The lowest BCUT2D eigenvalue weighted by atomic mass is 10.1. The second kappa shape index (κ2) is 9.75. The van der Waals surface area contributed by atoms with E-state index in [0.717, 1.165) is 38.1 Å². The highest BCUT2D eigenvalue weighted by molar-refractivity contribution is 5.25. The van der Waals surface area contributed by atoms with Crippen LogP contribution < -0.4 is 10.1 Å². The molecule has 1 N–H and O–H groups in total. The van der Waals surface area contributed by atoms with Crippen LogP contribution >= 0.6 is 0 Å².